The largest absolute Gasteiger partial charge is 0.379 e. The second kappa shape index (κ2) is 8.31. The van der Waals surface area contributed by atoms with Crippen molar-refractivity contribution in [3.8, 4) is 6.07 Å². The number of nitrogens with zero attached hydrogens (tertiary/aromatic N) is 3. The molecule has 1 aromatic heterocycles. The van der Waals surface area contributed by atoms with Gasteiger partial charge >= 0.3 is 0 Å². The van der Waals surface area contributed by atoms with Gasteiger partial charge in [0, 0.05) is 26.1 Å². The Morgan fingerprint density at radius 3 is 2.92 bits per heavy atom. The molecule has 1 saturated carbocycles. The van der Waals surface area contributed by atoms with E-state index >= 15 is 0 Å². The number of amides is 1. The van der Waals surface area contributed by atoms with Crippen molar-refractivity contribution in [2.24, 2.45) is 5.41 Å². The van der Waals surface area contributed by atoms with Crippen molar-refractivity contribution in [2.45, 2.75) is 45.2 Å². The summed E-state index contributed by atoms with van der Waals surface area (Å²) in [5, 5.41) is 12.7. The number of carbonyl (C=O) groups excluding carboxylic acids is 1. The van der Waals surface area contributed by atoms with Crippen molar-refractivity contribution in [1.29, 1.82) is 5.26 Å². The van der Waals surface area contributed by atoms with Crippen molar-refractivity contribution < 1.29 is 9.53 Å². The lowest BCUT2D eigenvalue weighted by Crippen LogP contribution is -2.41. The van der Waals surface area contributed by atoms with Crippen LogP contribution in [0, 0.1) is 16.7 Å². The predicted octanol–water partition coefficient (Wildman–Crippen LogP) is 2.88. The van der Waals surface area contributed by atoms with Gasteiger partial charge in [0.1, 0.15) is 0 Å². The predicted molar refractivity (Wildman–Crippen MR) is 98.1 cm³/mol. The lowest BCUT2D eigenvalue weighted by molar-refractivity contribution is -0.130. The Kier molecular flexibility index (Phi) is 6.10. The average molecular weight is 362 g/mol. The molecule has 1 atom stereocenters. The van der Waals surface area contributed by atoms with E-state index in [9.17, 15) is 4.79 Å². The van der Waals surface area contributed by atoms with Gasteiger partial charge in [-0.2, -0.15) is 16.6 Å². The number of rotatable bonds is 8. The third-order valence-electron chi connectivity index (χ3n) is 5.62. The zero-order chi connectivity index (χ0) is 17.7. The van der Waals surface area contributed by atoms with Crippen LogP contribution in [0.4, 0.5) is 0 Å². The second-order valence-electron chi connectivity index (χ2n) is 7.22. The number of thiophene rings is 1. The van der Waals surface area contributed by atoms with Crippen LogP contribution in [0.25, 0.3) is 0 Å². The van der Waals surface area contributed by atoms with E-state index < -0.39 is 0 Å². The number of ether oxygens (including phenoxy) is 1. The molecule has 1 spiro atoms. The summed E-state index contributed by atoms with van der Waals surface area (Å²) in [5.74, 6) is 0.196. The van der Waals surface area contributed by atoms with E-state index in [-0.39, 0.29) is 5.91 Å². The molecule has 136 valence electrons. The van der Waals surface area contributed by atoms with Crippen LogP contribution in [0.3, 0.4) is 0 Å². The van der Waals surface area contributed by atoms with E-state index in [1.165, 1.54) is 18.4 Å². The monoisotopic (exact) mass is 361 g/mol. The summed E-state index contributed by atoms with van der Waals surface area (Å²) < 4.78 is 5.48. The molecule has 1 aromatic rings. The number of hydrogen-bond acceptors (Lipinski definition) is 5. The van der Waals surface area contributed by atoms with Crippen LogP contribution in [0.2, 0.25) is 0 Å². The molecule has 1 unspecified atom stereocenters. The summed E-state index contributed by atoms with van der Waals surface area (Å²) in [6.07, 6.45) is 3.96. The molecule has 3 rings (SSSR count). The van der Waals surface area contributed by atoms with Crippen LogP contribution in [0.1, 0.15) is 38.2 Å². The number of nitriles is 1. The molecule has 6 heteroatoms. The molecule has 25 heavy (non-hydrogen) atoms. The molecular weight excluding hydrogens is 334 g/mol. The van der Waals surface area contributed by atoms with Crippen LogP contribution in [0.15, 0.2) is 16.8 Å². The van der Waals surface area contributed by atoms with Gasteiger partial charge in [-0.25, -0.2) is 0 Å². The van der Waals surface area contributed by atoms with E-state index in [2.05, 4.69) is 32.7 Å². The molecule has 1 saturated heterocycles. The summed E-state index contributed by atoms with van der Waals surface area (Å²) >= 11 is 1.69. The molecule has 1 amide bonds. The minimum absolute atomic E-state index is 0.196. The molecule has 5 nitrogen and oxygen atoms in total. The molecule has 1 aliphatic carbocycles. The van der Waals surface area contributed by atoms with Crippen molar-refractivity contribution in [3.63, 3.8) is 0 Å². The molecule has 1 aliphatic heterocycles. The second-order valence-corrected chi connectivity index (χ2v) is 8.00. The number of carbonyl (C=O) groups is 1. The van der Waals surface area contributed by atoms with Gasteiger partial charge in [0.15, 0.2) is 0 Å². The van der Waals surface area contributed by atoms with E-state index in [1.807, 2.05) is 0 Å². The Balaban J connectivity index is 1.44. The molecule has 0 aromatic carbocycles. The standard InChI is InChI=1S/C19H27N3O2S/c1-16(23)22(14-17-3-12-25-15-17)18-13-19(18)4-7-21(8-5-19)9-11-24-10-2-6-20/h3,12,15,18H,2,4-5,7-11,13-14H2,1H3. The highest BCUT2D eigenvalue weighted by Gasteiger charge is 2.58. The van der Waals surface area contributed by atoms with Crippen LogP contribution in [-0.4, -0.2) is 54.6 Å². The highest BCUT2D eigenvalue weighted by molar-refractivity contribution is 7.07. The third kappa shape index (κ3) is 4.60. The molecule has 2 fully saturated rings. The smallest absolute Gasteiger partial charge is 0.220 e. The lowest BCUT2D eigenvalue weighted by Gasteiger charge is -2.34. The van der Waals surface area contributed by atoms with Crippen LogP contribution >= 0.6 is 11.3 Å². The molecule has 0 bridgehead atoms. The van der Waals surface area contributed by atoms with E-state index in [4.69, 9.17) is 10.00 Å². The third-order valence-corrected chi connectivity index (χ3v) is 6.35. The maximum Gasteiger partial charge on any atom is 0.220 e. The zero-order valence-electron chi connectivity index (χ0n) is 14.9. The summed E-state index contributed by atoms with van der Waals surface area (Å²) in [6, 6.07) is 4.63. The summed E-state index contributed by atoms with van der Waals surface area (Å²) in [5.41, 5.74) is 1.59. The summed E-state index contributed by atoms with van der Waals surface area (Å²) in [4.78, 5) is 16.7. The van der Waals surface area contributed by atoms with Gasteiger partial charge in [-0.05, 0) is 60.2 Å². The van der Waals surface area contributed by atoms with Crippen molar-refractivity contribution in [2.75, 3.05) is 32.8 Å². The first-order valence-corrected chi connectivity index (χ1v) is 10.0. The highest BCUT2D eigenvalue weighted by atomic mass is 32.1. The van der Waals surface area contributed by atoms with E-state index in [0.717, 1.165) is 32.6 Å². The van der Waals surface area contributed by atoms with Gasteiger partial charge in [-0.15, -0.1) is 0 Å². The van der Waals surface area contributed by atoms with Crippen molar-refractivity contribution >= 4 is 17.2 Å². The number of hydrogen-bond donors (Lipinski definition) is 0. The summed E-state index contributed by atoms with van der Waals surface area (Å²) in [7, 11) is 0. The first kappa shape index (κ1) is 18.4. The summed E-state index contributed by atoms with van der Waals surface area (Å²) in [6.45, 7) is 6.80. The van der Waals surface area contributed by atoms with Crippen LogP contribution in [0.5, 0.6) is 0 Å². The first-order chi connectivity index (χ1) is 12.1. The fraction of sp³-hybridized carbons (Fsp3) is 0.684. The minimum Gasteiger partial charge on any atom is -0.379 e. The van der Waals surface area contributed by atoms with Gasteiger partial charge in [0.2, 0.25) is 5.91 Å². The minimum atomic E-state index is 0.196. The molecular formula is C19H27N3O2S. The van der Waals surface area contributed by atoms with Gasteiger partial charge in [0.05, 0.1) is 25.7 Å². The van der Waals surface area contributed by atoms with Gasteiger partial charge in [0.25, 0.3) is 0 Å². The lowest BCUT2D eigenvalue weighted by atomic mass is 9.92. The normalized spacial score (nSPS) is 21.8. The Bertz CT molecular complexity index is 603. The first-order valence-electron chi connectivity index (χ1n) is 9.10. The molecule has 0 N–H and O–H groups in total. The van der Waals surface area contributed by atoms with Gasteiger partial charge in [-0.3, -0.25) is 4.79 Å². The number of likely N-dealkylation sites (tertiary alicyclic amines) is 1. The highest BCUT2D eigenvalue weighted by Crippen LogP contribution is 2.56. The van der Waals surface area contributed by atoms with Gasteiger partial charge < -0.3 is 14.5 Å². The SMILES string of the molecule is CC(=O)N(Cc1ccsc1)C1CC12CCN(CCOCCC#N)CC2. The fourth-order valence-corrected chi connectivity index (χ4v) is 4.62. The topological polar surface area (TPSA) is 56.6 Å². The van der Waals surface area contributed by atoms with Gasteiger partial charge in [-0.1, -0.05) is 0 Å². The Hall–Kier alpha value is -1.42. The van der Waals surface area contributed by atoms with Crippen LogP contribution in [-0.2, 0) is 16.1 Å². The van der Waals surface area contributed by atoms with Crippen LogP contribution < -0.4 is 0 Å². The molecule has 2 aliphatic rings. The van der Waals surface area contributed by atoms with E-state index in [1.54, 1.807) is 18.3 Å². The maximum atomic E-state index is 12.1. The molecule has 0 radical (unpaired) electrons. The van der Waals surface area contributed by atoms with Crippen molar-refractivity contribution in [1.82, 2.24) is 9.80 Å². The Morgan fingerprint density at radius 1 is 1.48 bits per heavy atom. The quantitative estimate of drug-likeness (QED) is 0.668. The average Bonchev–Trinajstić information content (AvgIpc) is 3.04. The molecule has 2 heterocycles. The Morgan fingerprint density at radius 2 is 2.28 bits per heavy atom. The van der Waals surface area contributed by atoms with E-state index in [0.29, 0.717) is 31.1 Å². The zero-order valence-corrected chi connectivity index (χ0v) is 15.8. The number of piperidine rings is 1. The Labute approximate surface area is 154 Å². The van der Waals surface area contributed by atoms with Crippen molar-refractivity contribution in [3.05, 3.63) is 22.4 Å². The fourth-order valence-electron chi connectivity index (χ4n) is 3.96. The maximum absolute atomic E-state index is 12.1.